The third kappa shape index (κ3) is 8.81. The fraction of sp³-hybridized carbons (Fsp3) is 0.833. The number of unbranched alkanes of at least 4 members (excludes halogenated alkanes) is 2. The van der Waals surface area contributed by atoms with Crippen molar-refractivity contribution >= 4 is 12.0 Å². The SMILES string of the molecule is CC(CNC(=O)N(C)CCCCCO)CC(=O)O. The van der Waals surface area contributed by atoms with Crippen LogP contribution in [0.4, 0.5) is 4.79 Å². The van der Waals surface area contributed by atoms with E-state index in [2.05, 4.69) is 5.32 Å². The van der Waals surface area contributed by atoms with Crippen molar-refractivity contribution in [3.63, 3.8) is 0 Å². The molecule has 0 radical (unpaired) electrons. The molecular weight excluding hydrogens is 236 g/mol. The molecule has 0 fully saturated rings. The molecule has 0 aliphatic heterocycles. The number of carboxylic acid groups (broad SMARTS) is 1. The summed E-state index contributed by atoms with van der Waals surface area (Å²) in [5.41, 5.74) is 0. The van der Waals surface area contributed by atoms with E-state index in [1.165, 1.54) is 0 Å². The minimum atomic E-state index is -0.853. The second kappa shape index (κ2) is 9.70. The predicted octanol–water partition coefficient (Wildman–Crippen LogP) is 0.901. The predicted molar refractivity (Wildman–Crippen MR) is 68.4 cm³/mol. The third-order valence-electron chi connectivity index (χ3n) is 2.62. The molecule has 106 valence electrons. The fourth-order valence-electron chi connectivity index (χ4n) is 1.51. The molecule has 0 saturated heterocycles. The van der Waals surface area contributed by atoms with Gasteiger partial charge >= 0.3 is 12.0 Å². The van der Waals surface area contributed by atoms with E-state index >= 15 is 0 Å². The maximum atomic E-state index is 11.6. The Morgan fingerprint density at radius 1 is 1.28 bits per heavy atom. The maximum absolute atomic E-state index is 11.6. The molecule has 1 atom stereocenters. The molecule has 6 heteroatoms. The highest BCUT2D eigenvalue weighted by Gasteiger charge is 2.11. The summed E-state index contributed by atoms with van der Waals surface area (Å²) in [6.07, 6.45) is 2.56. The first kappa shape index (κ1) is 16.7. The molecule has 0 saturated carbocycles. The molecule has 1 unspecified atom stereocenters. The Bertz CT molecular complexity index is 258. The Morgan fingerprint density at radius 3 is 2.50 bits per heavy atom. The molecule has 0 rings (SSSR count). The van der Waals surface area contributed by atoms with Gasteiger partial charge in [-0.3, -0.25) is 4.79 Å². The quantitative estimate of drug-likeness (QED) is 0.537. The summed E-state index contributed by atoms with van der Waals surface area (Å²) in [5.74, 6) is -0.927. The molecule has 0 bridgehead atoms. The molecule has 6 nitrogen and oxygen atoms in total. The molecule has 0 aromatic heterocycles. The van der Waals surface area contributed by atoms with Crippen molar-refractivity contribution in [2.75, 3.05) is 26.7 Å². The molecular formula is C12H24N2O4. The minimum Gasteiger partial charge on any atom is -0.481 e. The van der Waals surface area contributed by atoms with Crippen molar-refractivity contribution in [1.82, 2.24) is 10.2 Å². The highest BCUT2D eigenvalue weighted by atomic mass is 16.4. The number of hydrogen-bond acceptors (Lipinski definition) is 3. The molecule has 0 aromatic carbocycles. The van der Waals surface area contributed by atoms with E-state index in [9.17, 15) is 9.59 Å². The Hall–Kier alpha value is -1.30. The zero-order valence-electron chi connectivity index (χ0n) is 11.2. The Morgan fingerprint density at radius 2 is 1.94 bits per heavy atom. The highest BCUT2D eigenvalue weighted by molar-refractivity contribution is 5.74. The Balaban J connectivity index is 3.70. The van der Waals surface area contributed by atoms with Crippen molar-refractivity contribution in [1.29, 1.82) is 0 Å². The van der Waals surface area contributed by atoms with E-state index in [0.29, 0.717) is 13.1 Å². The first-order valence-corrected chi connectivity index (χ1v) is 6.29. The topological polar surface area (TPSA) is 89.9 Å². The smallest absolute Gasteiger partial charge is 0.317 e. The van der Waals surface area contributed by atoms with Crippen molar-refractivity contribution in [2.45, 2.75) is 32.6 Å². The number of hydrogen-bond donors (Lipinski definition) is 3. The molecule has 18 heavy (non-hydrogen) atoms. The van der Waals surface area contributed by atoms with Crippen molar-refractivity contribution in [3.05, 3.63) is 0 Å². The van der Waals surface area contributed by atoms with Crippen LogP contribution in [0.3, 0.4) is 0 Å². The van der Waals surface area contributed by atoms with Crippen LogP contribution >= 0.6 is 0 Å². The van der Waals surface area contributed by atoms with Crippen LogP contribution in [0.2, 0.25) is 0 Å². The van der Waals surface area contributed by atoms with Gasteiger partial charge < -0.3 is 20.4 Å². The molecule has 0 aliphatic carbocycles. The van der Waals surface area contributed by atoms with Gasteiger partial charge in [0.2, 0.25) is 0 Å². The number of aliphatic hydroxyl groups excluding tert-OH is 1. The van der Waals surface area contributed by atoms with Gasteiger partial charge in [-0.15, -0.1) is 0 Å². The minimum absolute atomic E-state index is 0.0560. The maximum Gasteiger partial charge on any atom is 0.317 e. The number of carboxylic acids is 1. The van der Waals surface area contributed by atoms with E-state index in [1.807, 2.05) is 0 Å². The third-order valence-corrected chi connectivity index (χ3v) is 2.62. The summed E-state index contributed by atoms with van der Waals surface area (Å²) in [4.78, 5) is 23.6. The summed E-state index contributed by atoms with van der Waals surface area (Å²) in [6, 6.07) is -0.184. The zero-order valence-corrected chi connectivity index (χ0v) is 11.2. The first-order chi connectivity index (χ1) is 8.47. The Kier molecular flexibility index (Phi) is 9.00. The standard InChI is InChI=1S/C12H24N2O4/c1-10(8-11(16)17)9-13-12(18)14(2)6-4-3-5-7-15/h10,15H,3-9H2,1-2H3,(H,13,18)(H,16,17). The lowest BCUT2D eigenvalue weighted by Crippen LogP contribution is -2.40. The highest BCUT2D eigenvalue weighted by Crippen LogP contribution is 2.01. The van der Waals surface area contributed by atoms with E-state index in [4.69, 9.17) is 10.2 Å². The van der Waals surface area contributed by atoms with Crippen molar-refractivity contribution in [2.24, 2.45) is 5.92 Å². The van der Waals surface area contributed by atoms with E-state index in [0.717, 1.165) is 19.3 Å². The van der Waals surface area contributed by atoms with Gasteiger partial charge in [-0.05, 0) is 25.2 Å². The average molecular weight is 260 g/mol. The van der Waals surface area contributed by atoms with Gasteiger partial charge in [0, 0.05) is 33.2 Å². The lowest BCUT2D eigenvalue weighted by Gasteiger charge is -2.19. The number of carbonyl (C=O) groups excluding carboxylic acids is 1. The van der Waals surface area contributed by atoms with Crippen LogP contribution in [0, 0.1) is 5.92 Å². The van der Waals surface area contributed by atoms with Gasteiger partial charge in [-0.2, -0.15) is 0 Å². The van der Waals surface area contributed by atoms with Gasteiger partial charge in [-0.1, -0.05) is 6.92 Å². The van der Waals surface area contributed by atoms with Crippen LogP contribution < -0.4 is 5.32 Å². The number of carbonyl (C=O) groups is 2. The number of nitrogens with one attached hydrogen (secondary N) is 1. The Labute approximate surface area is 108 Å². The molecule has 0 spiro atoms. The summed E-state index contributed by atoms with van der Waals surface area (Å²) in [5, 5.41) is 19.9. The van der Waals surface area contributed by atoms with Gasteiger partial charge in [-0.25, -0.2) is 4.79 Å². The molecule has 0 aliphatic rings. The van der Waals surface area contributed by atoms with Crippen LogP contribution in [0.15, 0.2) is 0 Å². The summed E-state index contributed by atoms with van der Waals surface area (Å²) >= 11 is 0. The van der Waals surface area contributed by atoms with Gasteiger partial charge in [0.25, 0.3) is 0 Å². The number of urea groups is 1. The fourth-order valence-corrected chi connectivity index (χ4v) is 1.51. The number of rotatable bonds is 9. The van der Waals surface area contributed by atoms with Gasteiger partial charge in [0.05, 0.1) is 0 Å². The molecule has 3 N–H and O–H groups in total. The van der Waals surface area contributed by atoms with Crippen LogP contribution in [-0.4, -0.2) is 53.9 Å². The summed E-state index contributed by atoms with van der Waals surface area (Å²) in [7, 11) is 1.70. The van der Waals surface area contributed by atoms with Crippen LogP contribution in [0.1, 0.15) is 32.6 Å². The zero-order chi connectivity index (χ0) is 14.0. The van der Waals surface area contributed by atoms with Gasteiger partial charge in [0.1, 0.15) is 0 Å². The average Bonchev–Trinajstić information content (AvgIpc) is 2.30. The van der Waals surface area contributed by atoms with Crippen molar-refractivity contribution in [3.8, 4) is 0 Å². The van der Waals surface area contributed by atoms with Crippen LogP contribution in [-0.2, 0) is 4.79 Å². The number of aliphatic hydroxyl groups is 1. The lowest BCUT2D eigenvalue weighted by atomic mass is 10.1. The largest absolute Gasteiger partial charge is 0.481 e. The molecule has 2 amide bonds. The van der Waals surface area contributed by atoms with Crippen molar-refractivity contribution < 1.29 is 19.8 Å². The van der Waals surface area contributed by atoms with Crippen LogP contribution in [0.5, 0.6) is 0 Å². The summed E-state index contributed by atoms with van der Waals surface area (Å²) in [6.45, 7) is 2.98. The lowest BCUT2D eigenvalue weighted by molar-refractivity contribution is -0.137. The van der Waals surface area contributed by atoms with E-state index in [-0.39, 0.29) is 25.0 Å². The first-order valence-electron chi connectivity index (χ1n) is 6.29. The number of aliphatic carboxylic acids is 1. The monoisotopic (exact) mass is 260 g/mol. The molecule has 0 aromatic rings. The normalized spacial score (nSPS) is 11.9. The second-order valence-electron chi connectivity index (χ2n) is 4.59. The van der Waals surface area contributed by atoms with E-state index in [1.54, 1.807) is 18.9 Å². The number of amides is 2. The van der Waals surface area contributed by atoms with E-state index < -0.39 is 5.97 Å². The molecule has 0 heterocycles. The summed E-state index contributed by atoms with van der Waals surface area (Å²) < 4.78 is 0. The van der Waals surface area contributed by atoms with Crippen LogP contribution in [0.25, 0.3) is 0 Å². The second-order valence-corrected chi connectivity index (χ2v) is 4.59. The number of nitrogens with zero attached hydrogens (tertiary/aromatic N) is 1. The van der Waals surface area contributed by atoms with Gasteiger partial charge in [0.15, 0.2) is 0 Å².